The van der Waals surface area contributed by atoms with Gasteiger partial charge in [0, 0.05) is 37.5 Å². The second-order valence-corrected chi connectivity index (χ2v) is 11.4. The Balaban J connectivity index is 1.14. The van der Waals surface area contributed by atoms with Crippen molar-refractivity contribution in [2.75, 3.05) is 33.4 Å². The Hall–Kier alpha value is -3.10. The van der Waals surface area contributed by atoms with Crippen molar-refractivity contribution >= 4 is 11.7 Å². The standard InChI is InChI=1S/C32H42N2O6/c1-38-26-14-9-23(10-15-26)28(35)5-3-2-4-6-31(36)33-27(21-34-20-22-7-12-25(34)13-8-22)32(37)24-11-16-29-30(19-24)40-18-17-39-29/h9-11,14-16,19,22,25,27,32,37H,2-8,12-13,17-18,20-21H2,1H3,(H,33,36)/t22-,25+,27-,32-/m1/s1. The van der Waals surface area contributed by atoms with Crippen LogP contribution in [0.2, 0.25) is 0 Å². The minimum Gasteiger partial charge on any atom is -0.497 e. The minimum atomic E-state index is -0.859. The number of hydrogen-bond acceptors (Lipinski definition) is 7. The molecule has 4 aliphatic rings. The summed E-state index contributed by atoms with van der Waals surface area (Å²) in [6.07, 6.45) is 7.14. The summed E-state index contributed by atoms with van der Waals surface area (Å²) in [4.78, 5) is 28.0. The van der Waals surface area contributed by atoms with Gasteiger partial charge in [0.05, 0.1) is 13.2 Å². The maximum atomic E-state index is 13.0. The molecule has 8 nitrogen and oxygen atoms in total. The number of aliphatic hydroxyl groups excluding tert-OH is 1. The number of benzene rings is 2. The van der Waals surface area contributed by atoms with Crippen LogP contribution in [0.25, 0.3) is 0 Å². The SMILES string of the molecule is COc1ccc(C(=O)CCCCCC(=O)N[C@H](CN2C[C@H]3CC[C@@H]2CC3)[C@H](O)c2ccc3c(c2)OCCO3)cc1. The molecular formula is C32H42N2O6. The second-order valence-electron chi connectivity index (χ2n) is 11.4. The Bertz CT molecular complexity index is 1140. The summed E-state index contributed by atoms with van der Waals surface area (Å²) in [6.45, 7) is 2.65. The zero-order valence-electron chi connectivity index (χ0n) is 23.5. The highest BCUT2D eigenvalue weighted by atomic mass is 16.6. The van der Waals surface area contributed by atoms with Gasteiger partial charge in [-0.1, -0.05) is 12.5 Å². The summed E-state index contributed by atoms with van der Waals surface area (Å²) >= 11 is 0. The predicted octanol–water partition coefficient (Wildman–Crippen LogP) is 4.69. The summed E-state index contributed by atoms with van der Waals surface area (Å²) in [7, 11) is 1.60. The van der Waals surface area contributed by atoms with E-state index in [1.165, 1.54) is 25.7 Å². The third-order valence-electron chi connectivity index (χ3n) is 8.61. The Morgan fingerprint density at radius 1 is 0.975 bits per heavy atom. The molecule has 1 saturated carbocycles. The van der Waals surface area contributed by atoms with E-state index in [0.717, 1.165) is 25.1 Å². The van der Waals surface area contributed by atoms with Crippen LogP contribution in [0, 0.1) is 5.92 Å². The van der Waals surface area contributed by atoms with Crippen LogP contribution in [0.5, 0.6) is 17.2 Å². The molecule has 0 unspecified atom stereocenters. The number of carbonyl (C=O) groups excluding carboxylic acids is 2. The zero-order chi connectivity index (χ0) is 27.9. The number of unbranched alkanes of at least 4 members (excludes halogenated alkanes) is 2. The Morgan fingerprint density at radius 2 is 1.70 bits per heavy atom. The van der Waals surface area contributed by atoms with Gasteiger partial charge in [0.25, 0.3) is 0 Å². The van der Waals surface area contributed by atoms with Crippen LogP contribution in [0.1, 0.15) is 79.8 Å². The molecule has 3 fully saturated rings. The Morgan fingerprint density at radius 3 is 2.40 bits per heavy atom. The van der Waals surface area contributed by atoms with E-state index in [4.69, 9.17) is 14.2 Å². The average molecular weight is 551 g/mol. The maximum Gasteiger partial charge on any atom is 0.220 e. The summed E-state index contributed by atoms with van der Waals surface area (Å²) in [5, 5.41) is 14.6. The van der Waals surface area contributed by atoms with E-state index in [0.29, 0.717) is 73.6 Å². The first kappa shape index (κ1) is 28.4. The van der Waals surface area contributed by atoms with Crippen molar-refractivity contribution in [3.8, 4) is 17.2 Å². The number of carbonyl (C=O) groups is 2. The normalized spacial score (nSPS) is 21.4. The molecule has 2 aromatic rings. The van der Waals surface area contributed by atoms with Gasteiger partial charge in [-0.3, -0.25) is 14.5 Å². The van der Waals surface area contributed by atoms with Crippen LogP contribution < -0.4 is 19.5 Å². The molecule has 8 heteroatoms. The lowest BCUT2D eigenvalue weighted by molar-refractivity contribution is -0.123. The molecule has 2 bridgehead atoms. The number of nitrogens with one attached hydrogen (secondary N) is 1. The highest BCUT2D eigenvalue weighted by Crippen LogP contribution is 2.37. The van der Waals surface area contributed by atoms with Gasteiger partial charge < -0.3 is 24.6 Å². The van der Waals surface area contributed by atoms with E-state index in [1.54, 1.807) is 31.4 Å². The molecule has 216 valence electrons. The predicted molar refractivity (Wildman–Crippen MR) is 152 cm³/mol. The fraction of sp³-hybridized carbons (Fsp3) is 0.562. The molecule has 0 radical (unpaired) electrons. The van der Waals surface area contributed by atoms with Gasteiger partial charge in [-0.2, -0.15) is 0 Å². The number of fused-ring (bicyclic) bond motifs is 4. The lowest BCUT2D eigenvalue weighted by atomic mass is 9.79. The van der Waals surface area contributed by atoms with Crippen molar-refractivity contribution < 1.29 is 28.9 Å². The van der Waals surface area contributed by atoms with Crippen LogP contribution in [-0.2, 0) is 4.79 Å². The number of piperidine rings is 2. The Kier molecular flexibility index (Phi) is 9.60. The molecule has 3 heterocycles. The number of aliphatic hydroxyl groups is 1. The van der Waals surface area contributed by atoms with Gasteiger partial charge in [0.1, 0.15) is 25.1 Å². The van der Waals surface area contributed by atoms with E-state index in [1.807, 2.05) is 18.2 Å². The first-order chi connectivity index (χ1) is 19.5. The Labute approximate surface area is 237 Å². The zero-order valence-corrected chi connectivity index (χ0v) is 23.5. The molecule has 0 spiro atoms. The quantitative estimate of drug-likeness (QED) is 0.276. The molecule has 3 aliphatic heterocycles. The number of rotatable bonds is 13. The average Bonchev–Trinajstić information content (AvgIpc) is 3.00. The van der Waals surface area contributed by atoms with Gasteiger partial charge in [0.2, 0.25) is 5.91 Å². The summed E-state index contributed by atoms with van der Waals surface area (Å²) < 4.78 is 16.5. The van der Waals surface area contributed by atoms with Crippen LogP contribution in [0.15, 0.2) is 42.5 Å². The monoisotopic (exact) mass is 550 g/mol. The molecular weight excluding hydrogens is 508 g/mol. The molecule has 0 aromatic heterocycles. The number of ketones is 1. The van der Waals surface area contributed by atoms with Crippen molar-refractivity contribution in [2.24, 2.45) is 5.92 Å². The molecule has 2 aromatic carbocycles. The van der Waals surface area contributed by atoms with E-state index in [2.05, 4.69) is 10.2 Å². The van der Waals surface area contributed by atoms with E-state index >= 15 is 0 Å². The van der Waals surface area contributed by atoms with Crippen LogP contribution >= 0.6 is 0 Å². The molecule has 1 aliphatic carbocycles. The van der Waals surface area contributed by atoms with Gasteiger partial charge >= 0.3 is 0 Å². The molecule has 2 N–H and O–H groups in total. The van der Waals surface area contributed by atoms with Gasteiger partial charge in [-0.25, -0.2) is 0 Å². The number of Topliss-reactive ketones (excluding diaryl/α,β-unsaturated/α-hetero) is 1. The van der Waals surface area contributed by atoms with Crippen molar-refractivity contribution in [3.63, 3.8) is 0 Å². The van der Waals surface area contributed by atoms with Gasteiger partial charge in [-0.15, -0.1) is 0 Å². The largest absolute Gasteiger partial charge is 0.497 e. The van der Waals surface area contributed by atoms with E-state index < -0.39 is 12.1 Å². The number of nitrogens with zero attached hydrogens (tertiary/aromatic N) is 1. The van der Waals surface area contributed by atoms with Crippen molar-refractivity contribution in [2.45, 2.75) is 76.0 Å². The molecule has 2 saturated heterocycles. The first-order valence-electron chi connectivity index (χ1n) is 14.8. The van der Waals surface area contributed by atoms with Crippen molar-refractivity contribution in [3.05, 3.63) is 53.6 Å². The maximum absolute atomic E-state index is 13.0. The van der Waals surface area contributed by atoms with Gasteiger partial charge in [0.15, 0.2) is 17.3 Å². The van der Waals surface area contributed by atoms with Crippen molar-refractivity contribution in [1.29, 1.82) is 0 Å². The minimum absolute atomic E-state index is 0.0646. The lowest BCUT2D eigenvalue weighted by Crippen LogP contribution is -2.55. The number of hydrogen-bond donors (Lipinski definition) is 2. The van der Waals surface area contributed by atoms with E-state index in [-0.39, 0.29) is 11.7 Å². The highest BCUT2D eigenvalue weighted by molar-refractivity contribution is 5.96. The smallest absolute Gasteiger partial charge is 0.220 e. The molecule has 1 amide bonds. The lowest BCUT2D eigenvalue weighted by Gasteiger charge is -2.47. The number of ether oxygens (including phenoxy) is 3. The third kappa shape index (κ3) is 7.15. The van der Waals surface area contributed by atoms with Crippen molar-refractivity contribution in [1.82, 2.24) is 10.2 Å². The summed E-state index contributed by atoms with van der Waals surface area (Å²) in [6, 6.07) is 12.8. The molecule has 2 atom stereocenters. The molecule has 6 rings (SSSR count). The summed E-state index contributed by atoms with van der Waals surface area (Å²) in [5.74, 6) is 2.80. The topological polar surface area (TPSA) is 97.3 Å². The third-order valence-corrected chi connectivity index (χ3v) is 8.61. The second kappa shape index (κ2) is 13.5. The first-order valence-corrected chi connectivity index (χ1v) is 14.8. The fourth-order valence-corrected chi connectivity index (χ4v) is 6.30. The van der Waals surface area contributed by atoms with E-state index in [9.17, 15) is 14.7 Å². The molecule has 40 heavy (non-hydrogen) atoms. The van der Waals surface area contributed by atoms with Gasteiger partial charge in [-0.05, 0) is 86.4 Å². The van der Waals surface area contributed by atoms with Crippen LogP contribution in [-0.4, -0.2) is 67.2 Å². The van der Waals surface area contributed by atoms with Crippen LogP contribution in [0.3, 0.4) is 0 Å². The van der Waals surface area contributed by atoms with Crippen LogP contribution in [0.4, 0.5) is 0 Å². The number of amides is 1. The summed E-state index contributed by atoms with van der Waals surface area (Å²) in [5.41, 5.74) is 1.40. The number of methoxy groups -OCH3 is 1. The highest BCUT2D eigenvalue weighted by Gasteiger charge is 2.36. The fourth-order valence-electron chi connectivity index (χ4n) is 6.30.